The Bertz CT molecular complexity index is 440. The molecule has 17 heavy (non-hydrogen) atoms. The molecule has 0 fully saturated rings. The van der Waals surface area contributed by atoms with Crippen molar-refractivity contribution < 1.29 is 13.6 Å². The van der Waals surface area contributed by atoms with E-state index in [1.54, 1.807) is 0 Å². The Labute approximate surface area is 103 Å². The zero-order valence-corrected chi connectivity index (χ0v) is 10.5. The first-order valence-corrected chi connectivity index (χ1v) is 6.27. The number of rotatable bonds is 2. The van der Waals surface area contributed by atoms with Crippen molar-refractivity contribution >= 4 is 16.8 Å². The molecule has 0 aliphatic carbocycles. The molecule has 0 saturated carbocycles. The van der Waals surface area contributed by atoms with E-state index >= 15 is 0 Å². The largest absolute Gasteiger partial charge is 0.389 e. The van der Waals surface area contributed by atoms with Crippen LogP contribution in [-0.2, 0) is 10.6 Å². The molecule has 0 bridgehead atoms. The molecule has 2 nitrogen and oxygen atoms in total. The highest BCUT2D eigenvalue weighted by molar-refractivity contribution is 8.13. The van der Waals surface area contributed by atoms with Crippen LogP contribution >= 0.6 is 11.8 Å². The van der Waals surface area contributed by atoms with E-state index in [0.717, 1.165) is 5.04 Å². The van der Waals surface area contributed by atoms with Crippen molar-refractivity contribution in [3.63, 3.8) is 0 Å². The van der Waals surface area contributed by atoms with Gasteiger partial charge in [0.15, 0.2) is 0 Å². The predicted octanol–water partition coefficient (Wildman–Crippen LogP) is 3.71. The maximum atomic E-state index is 13.4. The average Bonchev–Trinajstić information content (AvgIpc) is 2.57. The predicted molar refractivity (Wildman–Crippen MR) is 64.9 cm³/mol. The Kier molecular flexibility index (Phi) is 3.38. The standard InChI is InChI=1S/C12H13F2NOS/c1-12(2)6-11(15-16-12)17-7-8-9(13)4-3-5-10(8)14/h3-5H,6-7H2,1-2H3. The van der Waals surface area contributed by atoms with Gasteiger partial charge in [0.25, 0.3) is 0 Å². The summed E-state index contributed by atoms with van der Waals surface area (Å²) in [5, 5.41) is 4.67. The van der Waals surface area contributed by atoms with Crippen LogP contribution in [0.4, 0.5) is 8.78 Å². The van der Waals surface area contributed by atoms with Gasteiger partial charge in [-0.2, -0.15) is 0 Å². The van der Waals surface area contributed by atoms with Gasteiger partial charge in [0.05, 0.1) is 0 Å². The van der Waals surface area contributed by atoms with Crippen molar-refractivity contribution in [3.8, 4) is 0 Å². The fourth-order valence-electron chi connectivity index (χ4n) is 1.51. The molecule has 0 aromatic heterocycles. The summed E-state index contributed by atoms with van der Waals surface area (Å²) in [6.45, 7) is 3.85. The molecule has 0 unspecified atom stereocenters. The van der Waals surface area contributed by atoms with Crippen LogP contribution in [0.3, 0.4) is 0 Å². The van der Waals surface area contributed by atoms with Crippen molar-refractivity contribution in [1.82, 2.24) is 0 Å². The quantitative estimate of drug-likeness (QED) is 0.805. The summed E-state index contributed by atoms with van der Waals surface area (Å²) < 4.78 is 26.7. The Hall–Kier alpha value is -1.10. The SMILES string of the molecule is CC1(C)CC(SCc2c(F)cccc2F)=NO1. The lowest BCUT2D eigenvalue weighted by atomic mass is 10.1. The molecule has 0 amide bonds. The first kappa shape index (κ1) is 12.4. The van der Waals surface area contributed by atoms with Gasteiger partial charge in [0.1, 0.15) is 22.3 Å². The number of hydrogen-bond acceptors (Lipinski definition) is 3. The van der Waals surface area contributed by atoms with Gasteiger partial charge in [0.2, 0.25) is 0 Å². The Balaban J connectivity index is 2.00. The van der Waals surface area contributed by atoms with Gasteiger partial charge in [-0.3, -0.25) is 0 Å². The van der Waals surface area contributed by atoms with E-state index in [-0.39, 0.29) is 16.9 Å². The fraction of sp³-hybridized carbons (Fsp3) is 0.417. The third-order valence-electron chi connectivity index (χ3n) is 2.42. The van der Waals surface area contributed by atoms with Gasteiger partial charge in [-0.05, 0) is 26.0 Å². The average molecular weight is 257 g/mol. The summed E-state index contributed by atoms with van der Waals surface area (Å²) in [5.74, 6) is -0.802. The molecule has 0 spiro atoms. The van der Waals surface area contributed by atoms with Gasteiger partial charge >= 0.3 is 0 Å². The zero-order valence-electron chi connectivity index (χ0n) is 9.67. The first-order valence-electron chi connectivity index (χ1n) is 5.29. The number of hydrogen-bond donors (Lipinski definition) is 0. The molecule has 2 rings (SSSR count). The van der Waals surface area contributed by atoms with Crippen LogP contribution in [-0.4, -0.2) is 10.6 Å². The fourth-order valence-corrected chi connectivity index (χ4v) is 2.63. The van der Waals surface area contributed by atoms with E-state index in [0.29, 0.717) is 6.42 Å². The zero-order chi connectivity index (χ0) is 12.5. The normalized spacial score (nSPS) is 17.8. The lowest BCUT2D eigenvalue weighted by Gasteiger charge is -2.13. The van der Waals surface area contributed by atoms with Crippen LogP contribution < -0.4 is 0 Å². The highest BCUT2D eigenvalue weighted by Gasteiger charge is 2.29. The number of oxime groups is 1. The highest BCUT2D eigenvalue weighted by atomic mass is 32.2. The van der Waals surface area contributed by atoms with Gasteiger partial charge in [-0.25, -0.2) is 8.78 Å². The minimum absolute atomic E-state index is 0.0879. The van der Waals surface area contributed by atoms with Crippen molar-refractivity contribution in [3.05, 3.63) is 35.4 Å². The van der Waals surface area contributed by atoms with Crippen LogP contribution in [0.25, 0.3) is 0 Å². The lowest BCUT2D eigenvalue weighted by molar-refractivity contribution is 0.0123. The molecule has 1 heterocycles. The van der Waals surface area contributed by atoms with Crippen molar-refractivity contribution in [2.75, 3.05) is 0 Å². The Morgan fingerprint density at radius 3 is 2.53 bits per heavy atom. The molecular weight excluding hydrogens is 244 g/mol. The maximum Gasteiger partial charge on any atom is 0.138 e. The van der Waals surface area contributed by atoms with Crippen molar-refractivity contribution in [1.29, 1.82) is 0 Å². The van der Waals surface area contributed by atoms with E-state index in [1.165, 1.54) is 30.0 Å². The van der Waals surface area contributed by atoms with E-state index in [1.807, 2.05) is 13.8 Å². The smallest absolute Gasteiger partial charge is 0.138 e. The topological polar surface area (TPSA) is 21.6 Å². The Morgan fingerprint density at radius 2 is 2.00 bits per heavy atom. The van der Waals surface area contributed by atoms with Gasteiger partial charge < -0.3 is 4.84 Å². The first-order chi connectivity index (χ1) is 7.98. The van der Waals surface area contributed by atoms with E-state index in [9.17, 15) is 8.78 Å². The van der Waals surface area contributed by atoms with Gasteiger partial charge in [-0.1, -0.05) is 11.2 Å². The Morgan fingerprint density at radius 1 is 1.35 bits per heavy atom. The molecule has 0 saturated heterocycles. The van der Waals surface area contributed by atoms with Gasteiger partial charge in [0, 0.05) is 17.7 Å². The monoisotopic (exact) mass is 257 g/mol. The van der Waals surface area contributed by atoms with E-state index in [2.05, 4.69) is 5.16 Å². The van der Waals surface area contributed by atoms with Crippen LogP contribution in [0.2, 0.25) is 0 Å². The third kappa shape index (κ3) is 2.97. The molecule has 0 atom stereocenters. The van der Waals surface area contributed by atoms with Crippen molar-refractivity contribution in [2.24, 2.45) is 5.16 Å². The molecule has 1 aromatic carbocycles. The summed E-state index contributed by atoms with van der Waals surface area (Å²) >= 11 is 1.31. The van der Waals surface area contributed by atoms with Crippen LogP contribution in [0, 0.1) is 11.6 Å². The third-order valence-corrected chi connectivity index (χ3v) is 3.40. The van der Waals surface area contributed by atoms with Gasteiger partial charge in [-0.15, -0.1) is 11.8 Å². The summed E-state index contributed by atoms with van der Waals surface area (Å²) in [5.41, 5.74) is -0.222. The molecular formula is C12H13F2NOS. The van der Waals surface area contributed by atoms with Crippen LogP contribution in [0.1, 0.15) is 25.8 Å². The van der Waals surface area contributed by atoms with Crippen molar-refractivity contribution in [2.45, 2.75) is 31.6 Å². The number of benzene rings is 1. The summed E-state index contributed by atoms with van der Waals surface area (Å²) in [6.07, 6.45) is 0.674. The molecule has 0 N–H and O–H groups in total. The second-order valence-electron chi connectivity index (χ2n) is 4.50. The molecule has 1 aromatic rings. The minimum atomic E-state index is -0.517. The molecule has 0 radical (unpaired) electrons. The maximum absolute atomic E-state index is 13.4. The highest BCUT2D eigenvalue weighted by Crippen LogP contribution is 2.30. The number of nitrogens with zero attached hydrogens (tertiary/aromatic N) is 1. The summed E-state index contributed by atoms with van der Waals surface area (Å²) in [7, 11) is 0. The lowest BCUT2D eigenvalue weighted by Crippen LogP contribution is -2.18. The van der Waals surface area contributed by atoms with Crippen LogP contribution in [0.15, 0.2) is 23.4 Å². The van der Waals surface area contributed by atoms with E-state index in [4.69, 9.17) is 4.84 Å². The number of halogens is 2. The second-order valence-corrected chi connectivity index (χ2v) is 5.55. The second kappa shape index (κ2) is 4.64. The van der Waals surface area contributed by atoms with E-state index < -0.39 is 11.6 Å². The molecule has 92 valence electrons. The van der Waals surface area contributed by atoms with Crippen LogP contribution in [0.5, 0.6) is 0 Å². The number of thioether (sulfide) groups is 1. The molecule has 1 aliphatic heterocycles. The molecule has 5 heteroatoms. The molecule has 1 aliphatic rings. The minimum Gasteiger partial charge on any atom is -0.389 e. The summed E-state index contributed by atoms with van der Waals surface area (Å²) in [4.78, 5) is 5.18. The summed E-state index contributed by atoms with van der Waals surface area (Å²) in [6, 6.07) is 3.88.